The number of carbonyl (C=O) groups is 3. The molecule has 2 N–H and O–H groups in total. The molecule has 6 heteroatoms. The Morgan fingerprint density at radius 2 is 1.77 bits per heavy atom. The first kappa shape index (κ1) is 22.4. The van der Waals surface area contributed by atoms with E-state index in [1.165, 1.54) is 0 Å². The molecule has 2 amide bonds. The van der Waals surface area contributed by atoms with Gasteiger partial charge in [-0.15, -0.1) is 0 Å². The molecule has 2 aromatic carbocycles. The number of amides is 2. The topological polar surface area (TPSA) is 84.5 Å². The largest absolute Gasteiger partial charge is 0.377 e. The first-order valence-corrected chi connectivity index (χ1v) is 10.6. The minimum absolute atomic E-state index is 0.252. The zero-order valence-electron chi connectivity index (χ0n) is 17.5. The number of ether oxygens (including phenoxy) is 1. The first-order valence-electron chi connectivity index (χ1n) is 10.6. The average molecular weight is 421 g/mol. The minimum atomic E-state index is -0.934. The molecule has 0 saturated heterocycles. The summed E-state index contributed by atoms with van der Waals surface area (Å²) in [5, 5.41) is 5.40. The van der Waals surface area contributed by atoms with E-state index in [2.05, 4.69) is 10.6 Å². The van der Waals surface area contributed by atoms with Crippen LogP contribution in [0.5, 0.6) is 0 Å². The molecule has 0 aromatic heterocycles. The lowest BCUT2D eigenvalue weighted by atomic mass is 10.0. The first-order chi connectivity index (χ1) is 15.1. The summed E-state index contributed by atoms with van der Waals surface area (Å²) in [5.74, 6) is -1.76. The van der Waals surface area contributed by atoms with Crippen LogP contribution >= 0.6 is 0 Å². The number of ketones is 1. The number of fused-ring (bicyclic) bond motifs is 1. The predicted molar refractivity (Wildman–Crippen MR) is 118 cm³/mol. The van der Waals surface area contributed by atoms with Crippen molar-refractivity contribution >= 4 is 17.6 Å². The molecule has 0 spiro atoms. The van der Waals surface area contributed by atoms with Crippen LogP contribution in [0.1, 0.15) is 47.2 Å². The number of Topliss-reactive ketones (excluding diaryl/α,β-unsaturated/α-hetero) is 1. The van der Waals surface area contributed by atoms with Gasteiger partial charge in [-0.05, 0) is 42.9 Å². The Labute approximate surface area is 182 Å². The van der Waals surface area contributed by atoms with Gasteiger partial charge in [-0.3, -0.25) is 14.4 Å². The second-order valence-corrected chi connectivity index (χ2v) is 7.47. The fourth-order valence-corrected chi connectivity index (χ4v) is 3.36. The summed E-state index contributed by atoms with van der Waals surface area (Å²) >= 11 is 0. The van der Waals surface area contributed by atoms with Crippen LogP contribution in [0.15, 0.2) is 66.7 Å². The molecule has 0 radical (unpaired) electrons. The second-order valence-electron chi connectivity index (χ2n) is 7.47. The molecule has 1 atom stereocenters. The van der Waals surface area contributed by atoms with Crippen LogP contribution in [-0.4, -0.2) is 30.2 Å². The summed E-state index contributed by atoms with van der Waals surface area (Å²) in [6.45, 7) is 1.21. The maximum absolute atomic E-state index is 12.9. The fraction of sp³-hybridized carbons (Fsp3) is 0.320. The molecule has 6 nitrogen and oxygen atoms in total. The van der Waals surface area contributed by atoms with Crippen molar-refractivity contribution in [3.05, 3.63) is 83.4 Å². The Kier molecular flexibility index (Phi) is 8.55. The zero-order valence-corrected chi connectivity index (χ0v) is 17.5. The Hall–Kier alpha value is -3.25. The van der Waals surface area contributed by atoms with Gasteiger partial charge >= 0.3 is 0 Å². The van der Waals surface area contributed by atoms with E-state index in [1.54, 1.807) is 12.1 Å². The molecule has 31 heavy (non-hydrogen) atoms. The molecule has 0 aliphatic carbocycles. The van der Waals surface area contributed by atoms with E-state index in [9.17, 15) is 14.4 Å². The Morgan fingerprint density at radius 3 is 2.61 bits per heavy atom. The standard InChI is InChI=1S/C25H28N2O4/c28-23(25(30)26-17-19-11-5-4-6-12-19)22-15-7-2-1-3-10-16-31-18-20-13-8-9-14-21(20)24(29)27-22/h2,4-9,11-14,22H,1,3,10,15-18H2,(H,26,30)(H,27,29)/b7-2+. The highest BCUT2D eigenvalue weighted by atomic mass is 16.5. The van der Waals surface area contributed by atoms with Gasteiger partial charge in [0.2, 0.25) is 5.78 Å². The number of allylic oxidation sites excluding steroid dienone is 1. The van der Waals surface area contributed by atoms with E-state index in [0.29, 0.717) is 18.8 Å². The van der Waals surface area contributed by atoms with Crippen LogP contribution in [-0.2, 0) is 27.5 Å². The molecule has 1 heterocycles. The fourth-order valence-electron chi connectivity index (χ4n) is 3.36. The number of carbonyl (C=O) groups excluding carboxylic acids is 3. The van der Waals surface area contributed by atoms with Gasteiger partial charge in [0.25, 0.3) is 11.8 Å². The number of hydrogen-bond acceptors (Lipinski definition) is 4. The maximum atomic E-state index is 12.9. The third-order valence-corrected chi connectivity index (χ3v) is 5.11. The summed E-state index contributed by atoms with van der Waals surface area (Å²) in [7, 11) is 0. The van der Waals surface area contributed by atoms with E-state index in [1.807, 2.05) is 54.6 Å². The normalized spacial score (nSPS) is 18.7. The average Bonchev–Trinajstić information content (AvgIpc) is 2.80. The third-order valence-electron chi connectivity index (χ3n) is 5.11. The van der Waals surface area contributed by atoms with E-state index in [0.717, 1.165) is 30.4 Å². The van der Waals surface area contributed by atoms with Crippen molar-refractivity contribution in [2.75, 3.05) is 6.61 Å². The van der Waals surface area contributed by atoms with Crippen molar-refractivity contribution < 1.29 is 19.1 Å². The quantitative estimate of drug-likeness (QED) is 0.587. The van der Waals surface area contributed by atoms with E-state index in [4.69, 9.17) is 4.74 Å². The van der Waals surface area contributed by atoms with Crippen molar-refractivity contribution in [2.45, 2.75) is 44.9 Å². The smallest absolute Gasteiger partial charge is 0.289 e. The highest BCUT2D eigenvalue weighted by Crippen LogP contribution is 2.13. The highest BCUT2D eigenvalue weighted by molar-refractivity contribution is 6.38. The molecule has 2 aromatic rings. The van der Waals surface area contributed by atoms with Crippen molar-refractivity contribution in [1.82, 2.24) is 10.6 Å². The molecule has 0 saturated carbocycles. The lowest BCUT2D eigenvalue weighted by Crippen LogP contribution is -2.47. The number of rotatable bonds is 4. The molecular formula is C25H28N2O4. The van der Waals surface area contributed by atoms with Crippen LogP contribution in [0.4, 0.5) is 0 Å². The van der Waals surface area contributed by atoms with Gasteiger partial charge in [0.1, 0.15) is 6.04 Å². The molecule has 0 fully saturated rings. The molecule has 0 bridgehead atoms. The van der Waals surface area contributed by atoms with E-state index in [-0.39, 0.29) is 18.9 Å². The van der Waals surface area contributed by atoms with Crippen LogP contribution in [0.25, 0.3) is 0 Å². The number of hydrogen-bond donors (Lipinski definition) is 2. The van der Waals surface area contributed by atoms with Crippen molar-refractivity contribution in [3.8, 4) is 0 Å². The highest BCUT2D eigenvalue weighted by Gasteiger charge is 2.27. The van der Waals surface area contributed by atoms with Gasteiger partial charge in [-0.2, -0.15) is 0 Å². The molecule has 1 aliphatic rings. The van der Waals surface area contributed by atoms with Crippen LogP contribution in [0.2, 0.25) is 0 Å². The molecular weight excluding hydrogens is 392 g/mol. The van der Waals surface area contributed by atoms with E-state index >= 15 is 0 Å². The van der Waals surface area contributed by atoms with Crippen LogP contribution in [0.3, 0.4) is 0 Å². The molecule has 162 valence electrons. The Balaban J connectivity index is 1.73. The monoisotopic (exact) mass is 420 g/mol. The Bertz CT molecular complexity index is 924. The maximum Gasteiger partial charge on any atom is 0.289 e. The van der Waals surface area contributed by atoms with Crippen molar-refractivity contribution in [3.63, 3.8) is 0 Å². The van der Waals surface area contributed by atoms with Gasteiger partial charge in [0.05, 0.1) is 6.61 Å². The zero-order chi connectivity index (χ0) is 21.9. The lowest BCUT2D eigenvalue weighted by Gasteiger charge is -2.18. The number of benzene rings is 2. The van der Waals surface area contributed by atoms with Gasteiger partial charge in [-0.1, -0.05) is 60.7 Å². The molecule has 1 unspecified atom stereocenters. The predicted octanol–water partition coefficient (Wildman–Crippen LogP) is 3.32. The van der Waals surface area contributed by atoms with Gasteiger partial charge in [-0.25, -0.2) is 0 Å². The summed E-state index contributed by atoms with van der Waals surface area (Å²) in [6, 6.07) is 15.6. The lowest BCUT2D eigenvalue weighted by molar-refractivity contribution is -0.139. The third kappa shape index (κ3) is 6.89. The van der Waals surface area contributed by atoms with Gasteiger partial charge in [0.15, 0.2) is 0 Å². The summed E-state index contributed by atoms with van der Waals surface area (Å²) in [5.41, 5.74) is 2.10. The second kappa shape index (κ2) is 11.8. The SMILES string of the molecule is O=C(NCc1ccccc1)C(=O)C1C/C=C/CCCCOCc2ccccc2C(=O)N1. The summed E-state index contributed by atoms with van der Waals surface area (Å²) in [6.07, 6.45) is 6.85. The Morgan fingerprint density at radius 1 is 1.00 bits per heavy atom. The number of nitrogens with one attached hydrogen (secondary N) is 2. The van der Waals surface area contributed by atoms with E-state index < -0.39 is 17.7 Å². The summed E-state index contributed by atoms with van der Waals surface area (Å²) in [4.78, 5) is 38.2. The molecule has 3 rings (SSSR count). The van der Waals surface area contributed by atoms with Crippen LogP contribution < -0.4 is 10.6 Å². The minimum Gasteiger partial charge on any atom is -0.377 e. The van der Waals surface area contributed by atoms with Crippen molar-refractivity contribution in [2.24, 2.45) is 0 Å². The van der Waals surface area contributed by atoms with Gasteiger partial charge < -0.3 is 15.4 Å². The van der Waals surface area contributed by atoms with Gasteiger partial charge in [0, 0.05) is 18.7 Å². The van der Waals surface area contributed by atoms with Crippen molar-refractivity contribution in [1.29, 1.82) is 0 Å². The summed E-state index contributed by atoms with van der Waals surface area (Å²) < 4.78 is 5.70. The van der Waals surface area contributed by atoms with Crippen LogP contribution in [0, 0.1) is 0 Å². The molecule has 1 aliphatic heterocycles.